The number of hydrogen-bond donors (Lipinski definition) is 3. The van der Waals surface area contributed by atoms with E-state index in [0.29, 0.717) is 13.1 Å². The summed E-state index contributed by atoms with van der Waals surface area (Å²) in [6, 6.07) is 0. The molecule has 1 radical (unpaired) electrons. The molecular formula is C3H9N2O2S. The van der Waals surface area contributed by atoms with E-state index in [1.807, 2.05) is 0 Å². The van der Waals surface area contributed by atoms with Crippen molar-refractivity contribution in [2.45, 2.75) is 6.42 Å². The molecule has 0 aromatic heterocycles. The van der Waals surface area contributed by atoms with Gasteiger partial charge in [-0.15, -0.1) is 4.72 Å². The summed E-state index contributed by atoms with van der Waals surface area (Å²) >= 11 is 0. The van der Waals surface area contributed by atoms with Gasteiger partial charge < -0.3 is 0 Å². The zero-order chi connectivity index (χ0) is 6.04. The lowest BCUT2D eigenvalue weighted by Crippen LogP contribution is -2.34. The molecule has 1 heterocycles. The Bertz CT molecular complexity index is 79.4. The molecule has 0 unspecified atom stereocenters. The molecule has 0 bridgehead atoms. The van der Waals surface area contributed by atoms with Crippen molar-refractivity contribution in [3.8, 4) is 0 Å². The van der Waals surface area contributed by atoms with E-state index in [1.165, 1.54) is 0 Å². The molecule has 0 aromatic carbocycles. The normalized spacial score (nSPS) is 31.8. The molecule has 1 saturated heterocycles. The summed E-state index contributed by atoms with van der Waals surface area (Å²) in [7, 11) is -2.71. The molecule has 5 heteroatoms. The van der Waals surface area contributed by atoms with Crippen LogP contribution >= 0.6 is 11.0 Å². The fourth-order valence-corrected chi connectivity index (χ4v) is 1.42. The van der Waals surface area contributed by atoms with Gasteiger partial charge in [0.1, 0.15) is 0 Å². The van der Waals surface area contributed by atoms with Crippen molar-refractivity contribution in [3.63, 3.8) is 0 Å². The van der Waals surface area contributed by atoms with Gasteiger partial charge in [-0.05, 0) is 6.42 Å². The molecule has 0 aliphatic carbocycles. The Kier molecular flexibility index (Phi) is 1.74. The van der Waals surface area contributed by atoms with Gasteiger partial charge in [-0.1, -0.05) is 11.0 Å². The minimum absolute atomic E-state index is 0.565. The second kappa shape index (κ2) is 2.20. The number of hydrogen-bond acceptors (Lipinski definition) is 3. The Balaban J connectivity index is 2.33. The second-order valence-electron chi connectivity index (χ2n) is 1.62. The lowest BCUT2D eigenvalue weighted by atomic mass is 10.4. The SMILES string of the molecule is OS1(O)[N]CCCN1. The first kappa shape index (κ1) is 6.31. The van der Waals surface area contributed by atoms with Crippen molar-refractivity contribution in [3.05, 3.63) is 0 Å². The Hall–Kier alpha value is 0.190. The van der Waals surface area contributed by atoms with Crippen molar-refractivity contribution >= 4 is 11.0 Å². The van der Waals surface area contributed by atoms with E-state index in [4.69, 9.17) is 9.11 Å². The van der Waals surface area contributed by atoms with Crippen LogP contribution in [0.5, 0.6) is 0 Å². The monoisotopic (exact) mass is 137 g/mol. The lowest BCUT2D eigenvalue weighted by Gasteiger charge is -2.34. The number of nitrogens with zero attached hydrogens (tertiary/aromatic N) is 1. The first-order valence-electron chi connectivity index (χ1n) is 2.42. The standard InChI is InChI=1S/C3H9N2O2S/c6-8(7)4-2-1-3-5-8/h4,6-7H,1-3H2. The number of nitrogens with one attached hydrogen (secondary N) is 1. The molecule has 49 valence electrons. The van der Waals surface area contributed by atoms with E-state index >= 15 is 0 Å². The Morgan fingerprint density at radius 2 is 2.25 bits per heavy atom. The third-order valence-corrected chi connectivity index (χ3v) is 2.04. The third kappa shape index (κ3) is 1.61. The number of rotatable bonds is 0. The van der Waals surface area contributed by atoms with Crippen LogP contribution in [0.2, 0.25) is 0 Å². The average Bonchev–Trinajstić information content (AvgIpc) is 1.65. The molecule has 0 spiro atoms. The smallest absolute Gasteiger partial charge is 0.0382 e. The van der Waals surface area contributed by atoms with Crippen molar-refractivity contribution in [1.29, 1.82) is 0 Å². The van der Waals surface area contributed by atoms with Gasteiger partial charge in [0.05, 0.1) is 0 Å². The maximum atomic E-state index is 8.74. The van der Waals surface area contributed by atoms with Crippen LogP contribution in [0.3, 0.4) is 0 Å². The maximum Gasteiger partial charge on any atom is 0.0382 e. The molecule has 0 aromatic rings. The Morgan fingerprint density at radius 1 is 1.50 bits per heavy atom. The molecule has 0 atom stereocenters. The Morgan fingerprint density at radius 3 is 2.50 bits per heavy atom. The zero-order valence-corrected chi connectivity index (χ0v) is 5.19. The predicted octanol–water partition coefficient (Wildman–Crippen LogP) is 0.165. The molecular weight excluding hydrogens is 128 g/mol. The first-order chi connectivity index (χ1) is 3.71. The van der Waals surface area contributed by atoms with E-state index in [-0.39, 0.29) is 0 Å². The molecule has 1 aliphatic heterocycles. The van der Waals surface area contributed by atoms with Crippen LogP contribution in [-0.2, 0) is 0 Å². The van der Waals surface area contributed by atoms with Crippen LogP contribution in [0.1, 0.15) is 6.42 Å². The summed E-state index contributed by atoms with van der Waals surface area (Å²) in [6.07, 6.45) is 0.899. The van der Waals surface area contributed by atoms with Crippen LogP contribution < -0.4 is 9.44 Å². The topological polar surface area (TPSA) is 66.6 Å². The summed E-state index contributed by atoms with van der Waals surface area (Å²) < 4.78 is 23.5. The summed E-state index contributed by atoms with van der Waals surface area (Å²) in [5, 5.41) is 0. The maximum absolute atomic E-state index is 8.74. The highest BCUT2D eigenvalue weighted by atomic mass is 32.3. The van der Waals surface area contributed by atoms with Gasteiger partial charge in [0, 0.05) is 13.1 Å². The molecule has 1 fully saturated rings. The average molecular weight is 137 g/mol. The van der Waals surface area contributed by atoms with E-state index < -0.39 is 11.0 Å². The molecule has 8 heavy (non-hydrogen) atoms. The summed E-state index contributed by atoms with van der Waals surface area (Å²) in [5.41, 5.74) is 0. The largest absolute Gasteiger partial charge is 0.271 e. The van der Waals surface area contributed by atoms with Crippen LogP contribution in [0, 0.1) is 0 Å². The summed E-state index contributed by atoms with van der Waals surface area (Å²) in [6.45, 7) is 1.22. The van der Waals surface area contributed by atoms with E-state index in [0.717, 1.165) is 6.42 Å². The van der Waals surface area contributed by atoms with Crippen molar-refractivity contribution in [2.24, 2.45) is 0 Å². The zero-order valence-electron chi connectivity index (χ0n) is 4.37. The highest BCUT2D eigenvalue weighted by Crippen LogP contribution is 2.31. The van der Waals surface area contributed by atoms with Crippen molar-refractivity contribution < 1.29 is 9.11 Å². The highest BCUT2D eigenvalue weighted by Gasteiger charge is 2.15. The first-order valence-corrected chi connectivity index (χ1v) is 3.93. The van der Waals surface area contributed by atoms with Crippen LogP contribution in [0.15, 0.2) is 0 Å². The molecule has 0 amide bonds. The summed E-state index contributed by atoms with van der Waals surface area (Å²) in [4.78, 5) is 0. The van der Waals surface area contributed by atoms with Gasteiger partial charge >= 0.3 is 0 Å². The molecule has 1 rings (SSSR count). The highest BCUT2D eigenvalue weighted by molar-refractivity contribution is 8.20. The van der Waals surface area contributed by atoms with Gasteiger partial charge in [-0.2, -0.15) is 0 Å². The molecule has 4 nitrogen and oxygen atoms in total. The van der Waals surface area contributed by atoms with Crippen LogP contribution in [0.4, 0.5) is 0 Å². The fourth-order valence-electron chi connectivity index (χ4n) is 0.526. The van der Waals surface area contributed by atoms with Gasteiger partial charge in [0.25, 0.3) is 0 Å². The predicted molar refractivity (Wildman–Crippen MR) is 32.5 cm³/mol. The van der Waals surface area contributed by atoms with E-state index in [1.54, 1.807) is 0 Å². The molecule has 0 saturated carbocycles. The third-order valence-electron chi connectivity index (χ3n) is 0.902. The van der Waals surface area contributed by atoms with Crippen LogP contribution in [0.25, 0.3) is 0 Å². The molecule has 1 aliphatic rings. The van der Waals surface area contributed by atoms with Crippen LogP contribution in [-0.4, -0.2) is 22.2 Å². The fraction of sp³-hybridized carbons (Fsp3) is 1.00. The Labute approximate surface area is 49.9 Å². The van der Waals surface area contributed by atoms with Crippen molar-refractivity contribution in [2.75, 3.05) is 13.1 Å². The quantitative estimate of drug-likeness (QED) is 0.445. The molecule has 3 N–H and O–H groups in total. The van der Waals surface area contributed by atoms with E-state index in [2.05, 4.69) is 9.44 Å². The van der Waals surface area contributed by atoms with Gasteiger partial charge in [-0.25, -0.2) is 4.72 Å². The lowest BCUT2D eigenvalue weighted by molar-refractivity contribution is 0.435. The van der Waals surface area contributed by atoms with Gasteiger partial charge in [0.2, 0.25) is 0 Å². The summed E-state index contributed by atoms with van der Waals surface area (Å²) in [5.74, 6) is 0. The minimum atomic E-state index is -2.71. The minimum Gasteiger partial charge on any atom is -0.271 e. The van der Waals surface area contributed by atoms with Gasteiger partial charge in [-0.3, -0.25) is 9.11 Å². The van der Waals surface area contributed by atoms with Gasteiger partial charge in [0.15, 0.2) is 0 Å². The second-order valence-corrected chi connectivity index (χ2v) is 3.20. The van der Waals surface area contributed by atoms with E-state index in [9.17, 15) is 0 Å². The van der Waals surface area contributed by atoms with Crippen molar-refractivity contribution in [1.82, 2.24) is 9.44 Å².